The van der Waals surface area contributed by atoms with Gasteiger partial charge in [0.2, 0.25) is 0 Å². The van der Waals surface area contributed by atoms with Crippen LogP contribution in [0.2, 0.25) is 10.0 Å². The molecule has 1 fully saturated rings. The zero-order valence-corrected chi connectivity index (χ0v) is 16.5. The van der Waals surface area contributed by atoms with Crippen LogP contribution in [0, 0.1) is 0 Å². The molecule has 2 aromatic carbocycles. The summed E-state index contributed by atoms with van der Waals surface area (Å²) in [6, 6.07) is 13.9. The van der Waals surface area contributed by atoms with E-state index >= 15 is 0 Å². The highest BCUT2D eigenvalue weighted by atomic mass is 35.5. The number of amidine groups is 1. The van der Waals surface area contributed by atoms with Crippen molar-refractivity contribution in [3.05, 3.63) is 58.1 Å². The molecule has 6 heteroatoms. The monoisotopic (exact) mass is 394 g/mol. The number of benzene rings is 2. The Hall–Kier alpha value is -1.36. The van der Waals surface area contributed by atoms with Gasteiger partial charge < -0.3 is 9.64 Å². The largest absolute Gasteiger partial charge is 0.497 e. The van der Waals surface area contributed by atoms with E-state index in [2.05, 4.69) is 11.8 Å². The molecule has 0 aliphatic carbocycles. The first kappa shape index (κ1) is 18.4. The number of aliphatic imine (C=N–C) groups is 1. The summed E-state index contributed by atoms with van der Waals surface area (Å²) in [6.07, 6.45) is 1.07. The average molecular weight is 395 g/mol. The molecular weight excluding hydrogens is 375 g/mol. The van der Waals surface area contributed by atoms with Crippen molar-refractivity contribution in [3.8, 4) is 5.75 Å². The molecule has 1 heterocycles. The first-order chi connectivity index (χ1) is 12.1. The van der Waals surface area contributed by atoms with Crippen LogP contribution in [0.25, 0.3) is 0 Å². The molecule has 0 unspecified atom stereocenters. The van der Waals surface area contributed by atoms with E-state index in [0.29, 0.717) is 16.1 Å². The minimum absolute atomic E-state index is 0.453. The second kappa shape index (κ2) is 8.35. The zero-order chi connectivity index (χ0) is 17.8. The van der Waals surface area contributed by atoms with Crippen molar-refractivity contribution in [2.24, 2.45) is 4.99 Å². The molecule has 2 aromatic rings. The Morgan fingerprint density at radius 3 is 2.60 bits per heavy atom. The lowest BCUT2D eigenvalue weighted by Crippen LogP contribution is -2.32. The third-order valence-electron chi connectivity index (χ3n) is 4.22. The fourth-order valence-electron chi connectivity index (χ4n) is 2.73. The Morgan fingerprint density at radius 1 is 1.20 bits per heavy atom. The van der Waals surface area contributed by atoms with Crippen molar-refractivity contribution < 1.29 is 4.74 Å². The molecule has 1 saturated heterocycles. The minimum atomic E-state index is 0.453. The summed E-state index contributed by atoms with van der Waals surface area (Å²) < 4.78 is 5.21. The van der Waals surface area contributed by atoms with Crippen LogP contribution < -0.4 is 4.74 Å². The van der Waals surface area contributed by atoms with Gasteiger partial charge in [0.15, 0.2) is 5.17 Å². The quantitative estimate of drug-likeness (QED) is 0.619. The van der Waals surface area contributed by atoms with E-state index in [1.807, 2.05) is 36.4 Å². The van der Waals surface area contributed by atoms with E-state index in [4.69, 9.17) is 32.9 Å². The van der Waals surface area contributed by atoms with Crippen molar-refractivity contribution >= 4 is 45.8 Å². The molecule has 0 aromatic heterocycles. The fraction of sp³-hybridized carbons (Fsp3) is 0.316. The molecule has 0 bridgehead atoms. The summed E-state index contributed by atoms with van der Waals surface area (Å²) >= 11 is 14.2. The number of ether oxygens (including phenoxy) is 1. The summed E-state index contributed by atoms with van der Waals surface area (Å²) in [5.41, 5.74) is 1.99. The van der Waals surface area contributed by atoms with Gasteiger partial charge in [0, 0.05) is 28.4 Å². The van der Waals surface area contributed by atoms with Gasteiger partial charge in [0.05, 0.1) is 12.8 Å². The Bertz CT molecular complexity index is 765. The predicted octanol–water partition coefficient (Wildman–Crippen LogP) is 6.02. The van der Waals surface area contributed by atoms with Crippen LogP contribution in [-0.4, -0.2) is 29.0 Å². The molecular formula is C19H20Cl2N2OS. The second-order valence-corrected chi connectivity index (χ2v) is 7.66. The van der Waals surface area contributed by atoms with Gasteiger partial charge in [-0.25, -0.2) is 4.99 Å². The number of rotatable bonds is 5. The Labute approximate surface area is 163 Å². The van der Waals surface area contributed by atoms with Gasteiger partial charge in [-0.2, -0.15) is 0 Å². The lowest BCUT2D eigenvalue weighted by Gasteiger charge is -2.25. The maximum atomic E-state index is 6.37. The Balaban J connectivity index is 1.85. The molecule has 3 rings (SSSR count). The van der Waals surface area contributed by atoms with E-state index in [0.717, 1.165) is 40.9 Å². The third-order valence-corrected chi connectivity index (χ3v) is 5.94. The summed E-state index contributed by atoms with van der Waals surface area (Å²) in [4.78, 5) is 7.17. The summed E-state index contributed by atoms with van der Waals surface area (Å²) in [5.74, 6) is 1.87. The smallest absolute Gasteiger partial charge is 0.165 e. The van der Waals surface area contributed by atoms with Crippen LogP contribution in [0.1, 0.15) is 18.9 Å². The first-order valence-corrected chi connectivity index (χ1v) is 9.91. The molecule has 3 nitrogen and oxygen atoms in total. The van der Waals surface area contributed by atoms with Gasteiger partial charge in [-0.1, -0.05) is 48.0 Å². The van der Waals surface area contributed by atoms with Crippen molar-refractivity contribution in [3.63, 3.8) is 0 Å². The van der Waals surface area contributed by atoms with E-state index in [1.165, 1.54) is 0 Å². The van der Waals surface area contributed by atoms with Gasteiger partial charge in [0.1, 0.15) is 5.75 Å². The number of nitrogens with zero attached hydrogens (tertiary/aromatic N) is 2. The van der Waals surface area contributed by atoms with Gasteiger partial charge in [-0.3, -0.25) is 0 Å². The van der Waals surface area contributed by atoms with Gasteiger partial charge >= 0.3 is 0 Å². The number of halogens is 2. The Morgan fingerprint density at radius 2 is 1.96 bits per heavy atom. The van der Waals surface area contributed by atoms with Crippen LogP contribution >= 0.6 is 35.0 Å². The molecule has 25 heavy (non-hydrogen) atoms. The molecule has 132 valence electrons. The van der Waals surface area contributed by atoms with Crippen molar-refractivity contribution in [1.82, 2.24) is 4.90 Å². The SMILES string of the molecule is CC[C@@H]1CSC(=Nc2ccc(OC)cc2)N1Cc1ccc(Cl)cc1Cl. The fourth-order valence-corrected chi connectivity index (χ4v) is 4.51. The van der Waals surface area contributed by atoms with E-state index in [-0.39, 0.29) is 0 Å². The number of methoxy groups -OCH3 is 1. The highest BCUT2D eigenvalue weighted by Gasteiger charge is 2.29. The molecule has 1 aliphatic heterocycles. The lowest BCUT2D eigenvalue weighted by molar-refractivity contribution is 0.335. The molecule has 0 saturated carbocycles. The van der Waals surface area contributed by atoms with Gasteiger partial charge in [0.25, 0.3) is 0 Å². The van der Waals surface area contributed by atoms with Crippen LogP contribution in [0.4, 0.5) is 5.69 Å². The summed E-state index contributed by atoms with van der Waals surface area (Å²) in [6.45, 7) is 2.94. The molecule has 1 aliphatic rings. The summed E-state index contributed by atoms with van der Waals surface area (Å²) in [7, 11) is 1.66. The summed E-state index contributed by atoms with van der Waals surface area (Å²) in [5, 5.41) is 2.38. The maximum Gasteiger partial charge on any atom is 0.165 e. The number of hydrogen-bond acceptors (Lipinski definition) is 3. The maximum absolute atomic E-state index is 6.37. The van der Waals surface area contributed by atoms with Crippen molar-refractivity contribution in [2.75, 3.05) is 12.9 Å². The van der Waals surface area contributed by atoms with Crippen molar-refractivity contribution in [1.29, 1.82) is 0 Å². The van der Waals surface area contributed by atoms with Gasteiger partial charge in [-0.15, -0.1) is 0 Å². The normalized spacial score (nSPS) is 18.8. The van der Waals surface area contributed by atoms with E-state index in [9.17, 15) is 0 Å². The molecule has 0 N–H and O–H groups in total. The van der Waals surface area contributed by atoms with Crippen molar-refractivity contribution in [2.45, 2.75) is 25.9 Å². The first-order valence-electron chi connectivity index (χ1n) is 8.16. The highest BCUT2D eigenvalue weighted by Crippen LogP contribution is 2.32. The number of hydrogen-bond donors (Lipinski definition) is 0. The van der Waals surface area contributed by atoms with E-state index in [1.54, 1.807) is 24.9 Å². The standard InChI is InChI=1S/C19H20Cl2N2OS/c1-3-16-12-25-19(22-15-6-8-17(24-2)9-7-15)23(16)11-13-4-5-14(20)10-18(13)21/h4-10,16H,3,11-12H2,1-2H3/t16-/m1/s1. The van der Waals surface area contributed by atoms with Crippen LogP contribution in [-0.2, 0) is 6.54 Å². The average Bonchev–Trinajstić information content (AvgIpc) is 2.99. The molecule has 1 atom stereocenters. The van der Waals surface area contributed by atoms with Crippen LogP contribution in [0.5, 0.6) is 5.75 Å². The third kappa shape index (κ3) is 4.43. The van der Waals surface area contributed by atoms with Crippen LogP contribution in [0.15, 0.2) is 47.5 Å². The Kier molecular flexibility index (Phi) is 6.15. The zero-order valence-electron chi connectivity index (χ0n) is 14.2. The topological polar surface area (TPSA) is 24.8 Å². The predicted molar refractivity (Wildman–Crippen MR) is 109 cm³/mol. The molecule has 0 spiro atoms. The van der Waals surface area contributed by atoms with E-state index < -0.39 is 0 Å². The number of thioether (sulfide) groups is 1. The molecule has 0 amide bonds. The second-order valence-electron chi connectivity index (χ2n) is 5.83. The lowest BCUT2D eigenvalue weighted by atomic mass is 10.1. The minimum Gasteiger partial charge on any atom is -0.497 e. The van der Waals surface area contributed by atoms with Crippen LogP contribution in [0.3, 0.4) is 0 Å². The van der Waals surface area contributed by atoms with Gasteiger partial charge in [-0.05, 0) is 48.4 Å². The highest BCUT2D eigenvalue weighted by molar-refractivity contribution is 8.14. The molecule has 0 radical (unpaired) electrons.